The lowest BCUT2D eigenvalue weighted by atomic mass is 10.1. The Bertz CT molecular complexity index is 398. The van der Waals surface area contributed by atoms with E-state index in [4.69, 9.17) is 9.47 Å². The van der Waals surface area contributed by atoms with Crippen LogP contribution in [0.3, 0.4) is 0 Å². The van der Waals surface area contributed by atoms with E-state index in [9.17, 15) is 0 Å². The maximum atomic E-state index is 6.18. The van der Waals surface area contributed by atoms with Gasteiger partial charge in [0, 0.05) is 24.8 Å². The lowest BCUT2D eigenvalue weighted by Gasteiger charge is -2.25. The van der Waals surface area contributed by atoms with Crippen LogP contribution in [0.1, 0.15) is 37.8 Å². The number of rotatable bonds is 5. The Balaban J connectivity index is 2.07. The van der Waals surface area contributed by atoms with Crippen molar-refractivity contribution in [2.24, 2.45) is 0 Å². The molecular formula is C16H25NO2. The van der Waals surface area contributed by atoms with Crippen molar-refractivity contribution in [3.8, 4) is 5.75 Å². The van der Waals surface area contributed by atoms with E-state index < -0.39 is 0 Å². The predicted molar refractivity (Wildman–Crippen MR) is 77.6 cm³/mol. The molecule has 1 unspecified atom stereocenters. The number of hydrogen-bond acceptors (Lipinski definition) is 3. The van der Waals surface area contributed by atoms with Crippen molar-refractivity contribution in [3.05, 3.63) is 29.3 Å². The van der Waals surface area contributed by atoms with Crippen LogP contribution in [0.15, 0.2) is 18.2 Å². The Morgan fingerprint density at radius 2 is 2.26 bits per heavy atom. The van der Waals surface area contributed by atoms with Gasteiger partial charge in [-0.2, -0.15) is 0 Å². The van der Waals surface area contributed by atoms with E-state index in [2.05, 4.69) is 44.3 Å². The van der Waals surface area contributed by atoms with Gasteiger partial charge in [-0.25, -0.2) is 0 Å². The molecule has 1 fully saturated rings. The SMILES string of the molecule is Cc1cccc(CNC(C)C)c1OC1CCCOC1. The summed E-state index contributed by atoms with van der Waals surface area (Å²) in [5, 5.41) is 3.46. The smallest absolute Gasteiger partial charge is 0.127 e. The molecule has 1 aliphatic heterocycles. The third-order valence-electron chi connectivity index (χ3n) is 3.40. The first-order valence-corrected chi connectivity index (χ1v) is 7.23. The molecule has 1 atom stereocenters. The third kappa shape index (κ3) is 4.22. The normalized spacial score (nSPS) is 19.7. The highest BCUT2D eigenvalue weighted by Gasteiger charge is 2.18. The van der Waals surface area contributed by atoms with Gasteiger partial charge < -0.3 is 14.8 Å². The predicted octanol–water partition coefficient (Wildman–Crippen LogP) is 3.05. The second-order valence-corrected chi connectivity index (χ2v) is 5.56. The highest BCUT2D eigenvalue weighted by Crippen LogP contribution is 2.26. The lowest BCUT2D eigenvalue weighted by molar-refractivity contribution is 0.00671. The number of ether oxygens (including phenoxy) is 2. The molecule has 0 spiro atoms. The fourth-order valence-corrected chi connectivity index (χ4v) is 2.31. The largest absolute Gasteiger partial charge is 0.487 e. The zero-order chi connectivity index (χ0) is 13.7. The Morgan fingerprint density at radius 1 is 1.42 bits per heavy atom. The molecule has 0 bridgehead atoms. The van der Waals surface area contributed by atoms with E-state index >= 15 is 0 Å². The molecule has 0 aromatic heterocycles. The van der Waals surface area contributed by atoms with Gasteiger partial charge in [-0.15, -0.1) is 0 Å². The molecule has 2 rings (SSSR count). The molecule has 0 aliphatic carbocycles. The monoisotopic (exact) mass is 263 g/mol. The van der Waals surface area contributed by atoms with E-state index in [0.717, 1.165) is 31.7 Å². The van der Waals surface area contributed by atoms with Crippen LogP contribution < -0.4 is 10.1 Å². The van der Waals surface area contributed by atoms with E-state index in [1.165, 1.54) is 11.1 Å². The van der Waals surface area contributed by atoms with Gasteiger partial charge in [0.1, 0.15) is 11.9 Å². The van der Waals surface area contributed by atoms with Crippen molar-refractivity contribution in [1.29, 1.82) is 0 Å². The summed E-state index contributed by atoms with van der Waals surface area (Å²) in [4.78, 5) is 0. The third-order valence-corrected chi connectivity index (χ3v) is 3.40. The van der Waals surface area contributed by atoms with Crippen molar-refractivity contribution >= 4 is 0 Å². The first kappa shape index (κ1) is 14.4. The number of nitrogens with one attached hydrogen (secondary N) is 1. The van der Waals surface area contributed by atoms with Crippen LogP contribution in [0.25, 0.3) is 0 Å². The topological polar surface area (TPSA) is 30.5 Å². The van der Waals surface area contributed by atoms with Crippen molar-refractivity contribution < 1.29 is 9.47 Å². The molecule has 19 heavy (non-hydrogen) atoms. The molecule has 1 heterocycles. The molecule has 0 radical (unpaired) electrons. The van der Waals surface area contributed by atoms with Gasteiger partial charge in [0.05, 0.1) is 6.61 Å². The summed E-state index contributed by atoms with van der Waals surface area (Å²) in [5.74, 6) is 1.03. The summed E-state index contributed by atoms with van der Waals surface area (Å²) in [7, 11) is 0. The molecular weight excluding hydrogens is 238 g/mol. The number of para-hydroxylation sites is 1. The van der Waals surface area contributed by atoms with E-state index in [0.29, 0.717) is 12.6 Å². The zero-order valence-electron chi connectivity index (χ0n) is 12.2. The first-order valence-electron chi connectivity index (χ1n) is 7.23. The summed E-state index contributed by atoms with van der Waals surface area (Å²) >= 11 is 0. The maximum Gasteiger partial charge on any atom is 0.127 e. The van der Waals surface area contributed by atoms with Gasteiger partial charge in [0.2, 0.25) is 0 Å². The van der Waals surface area contributed by atoms with Crippen LogP contribution in [-0.2, 0) is 11.3 Å². The first-order chi connectivity index (χ1) is 9.16. The van der Waals surface area contributed by atoms with Gasteiger partial charge in [0.25, 0.3) is 0 Å². The van der Waals surface area contributed by atoms with Crippen molar-refractivity contribution in [1.82, 2.24) is 5.32 Å². The number of aryl methyl sites for hydroxylation is 1. The molecule has 1 N–H and O–H groups in total. The van der Waals surface area contributed by atoms with Crippen LogP contribution in [0.2, 0.25) is 0 Å². The average molecular weight is 263 g/mol. The second kappa shape index (κ2) is 6.92. The van der Waals surface area contributed by atoms with E-state index in [-0.39, 0.29) is 6.10 Å². The maximum absolute atomic E-state index is 6.18. The number of benzene rings is 1. The Hall–Kier alpha value is -1.06. The van der Waals surface area contributed by atoms with Gasteiger partial charge in [-0.1, -0.05) is 32.0 Å². The summed E-state index contributed by atoms with van der Waals surface area (Å²) < 4.78 is 11.7. The Kier molecular flexibility index (Phi) is 5.23. The van der Waals surface area contributed by atoms with Gasteiger partial charge in [-0.05, 0) is 25.3 Å². The molecule has 3 heteroatoms. The van der Waals surface area contributed by atoms with Crippen LogP contribution in [0, 0.1) is 6.92 Å². The fraction of sp³-hybridized carbons (Fsp3) is 0.625. The molecule has 3 nitrogen and oxygen atoms in total. The molecule has 0 saturated carbocycles. The highest BCUT2D eigenvalue weighted by molar-refractivity contribution is 5.41. The molecule has 1 aromatic rings. The van der Waals surface area contributed by atoms with Crippen LogP contribution in [-0.4, -0.2) is 25.4 Å². The van der Waals surface area contributed by atoms with Crippen LogP contribution in [0.4, 0.5) is 0 Å². The highest BCUT2D eigenvalue weighted by atomic mass is 16.5. The fourth-order valence-electron chi connectivity index (χ4n) is 2.31. The standard InChI is InChI=1S/C16H25NO2/c1-12(2)17-10-14-7-4-6-13(3)16(14)19-15-8-5-9-18-11-15/h4,6-7,12,15,17H,5,8-11H2,1-3H3. The van der Waals surface area contributed by atoms with Gasteiger partial charge in [0.15, 0.2) is 0 Å². The summed E-state index contributed by atoms with van der Waals surface area (Å²) in [6.45, 7) is 8.86. The average Bonchev–Trinajstić information content (AvgIpc) is 2.40. The second-order valence-electron chi connectivity index (χ2n) is 5.56. The van der Waals surface area contributed by atoms with Gasteiger partial charge in [-0.3, -0.25) is 0 Å². The minimum atomic E-state index is 0.202. The van der Waals surface area contributed by atoms with E-state index in [1.807, 2.05) is 0 Å². The minimum Gasteiger partial charge on any atom is -0.487 e. The van der Waals surface area contributed by atoms with E-state index in [1.54, 1.807) is 0 Å². The van der Waals surface area contributed by atoms with Gasteiger partial charge >= 0.3 is 0 Å². The van der Waals surface area contributed by atoms with Crippen molar-refractivity contribution in [3.63, 3.8) is 0 Å². The van der Waals surface area contributed by atoms with Crippen molar-refractivity contribution in [2.75, 3.05) is 13.2 Å². The number of hydrogen-bond donors (Lipinski definition) is 1. The van der Waals surface area contributed by atoms with Crippen LogP contribution in [0.5, 0.6) is 5.75 Å². The molecule has 1 aromatic carbocycles. The molecule has 1 saturated heterocycles. The minimum absolute atomic E-state index is 0.202. The quantitative estimate of drug-likeness (QED) is 0.885. The summed E-state index contributed by atoms with van der Waals surface area (Å²) in [6, 6.07) is 6.82. The summed E-state index contributed by atoms with van der Waals surface area (Å²) in [6.07, 6.45) is 2.38. The molecule has 0 amide bonds. The van der Waals surface area contributed by atoms with Crippen molar-refractivity contribution in [2.45, 2.75) is 52.3 Å². The molecule has 1 aliphatic rings. The lowest BCUT2D eigenvalue weighted by Crippen LogP contribution is -2.29. The molecule has 106 valence electrons. The Morgan fingerprint density at radius 3 is 2.95 bits per heavy atom. The Labute approximate surface area is 116 Å². The zero-order valence-corrected chi connectivity index (χ0v) is 12.2. The van der Waals surface area contributed by atoms with Crippen LogP contribution >= 0.6 is 0 Å². The summed E-state index contributed by atoms with van der Waals surface area (Å²) in [5.41, 5.74) is 2.44.